The van der Waals surface area contributed by atoms with Crippen LogP contribution < -0.4 is 10.0 Å². The molecule has 0 bridgehead atoms. The van der Waals surface area contributed by atoms with E-state index in [0.717, 1.165) is 31.2 Å². The van der Waals surface area contributed by atoms with Gasteiger partial charge in [0, 0.05) is 38.5 Å². The molecule has 0 heterocycles. The normalized spacial score (nSPS) is 15.5. The van der Waals surface area contributed by atoms with Crippen LogP contribution in [0, 0.1) is 0 Å². The molecule has 0 atom stereocenters. The van der Waals surface area contributed by atoms with Gasteiger partial charge in [-0.15, -0.1) is 0 Å². The average Bonchev–Trinajstić information content (AvgIpc) is 2.99. The third-order valence-electron chi connectivity index (χ3n) is 12.1. The van der Waals surface area contributed by atoms with Crippen LogP contribution in [-0.2, 0) is 12.4 Å². The summed E-state index contributed by atoms with van der Waals surface area (Å²) < 4.78 is 93.4. The highest BCUT2D eigenvalue weighted by Crippen LogP contribution is 2.63. The van der Waals surface area contributed by atoms with Gasteiger partial charge in [0.2, 0.25) is 0 Å². The molecule has 0 aliphatic carbocycles. The smallest absolute Gasteiger partial charge is 0.379 e. The van der Waals surface area contributed by atoms with Crippen LogP contribution in [0.3, 0.4) is 0 Å². The van der Waals surface area contributed by atoms with Crippen LogP contribution in [0.5, 0.6) is 0 Å². The van der Waals surface area contributed by atoms with E-state index in [4.69, 9.17) is 0 Å². The Hall–Kier alpha value is -1.37. The maximum atomic E-state index is 14.8. The predicted molar refractivity (Wildman–Crippen MR) is 231 cm³/mol. The SMILES string of the molecule is CCS(CC)(CC)CCCN(C(C)(C)C)S(C)(C)C(C)(C)C(C)(C)Nc1ccc(-c2ccc(NS(C)(C)C(C)(C)C)cc2C(F)(F)F)c(C(F)(F)F)c1. The molecule has 0 saturated carbocycles. The van der Waals surface area contributed by atoms with Gasteiger partial charge in [-0.05, 0) is 138 Å². The van der Waals surface area contributed by atoms with Gasteiger partial charge < -0.3 is 10.0 Å². The summed E-state index contributed by atoms with van der Waals surface area (Å²) in [6, 6.07) is 7.18. The Labute approximate surface area is 323 Å². The largest absolute Gasteiger partial charge is 0.417 e. The van der Waals surface area contributed by atoms with Crippen LogP contribution in [0.4, 0.5) is 37.7 Å². The Balaban J connectivity index is 2.62. The third kappa shape index (κ3) is 10.7. The summed E-state index contributed by atoms with van der Waals surface area (Å²) >= 11 is 0. The Kier molecular flexibility index (Phi) is 14.6. The number of anilines is 2. The summed E-state index contributed by atoms with van der Waals surface area (Å²) in [5.41, 5.74) is -3.65. The molecule has 0 spiro atoms. The quantitative estimate of drug-likeness (QED) is 0.175. The van der Waals surface area contributed by atoms with Crippen molar-refractivity contribution >= 4 is 41.8 Å². The van der Waals surface area contributed by atoms with E-state index >= 15 is 0 Å². The van der Waals surface area contributed by atoms with E-state index in [1.165, 1.54) is 41.2 Å². The van der Waals surface area contributed by atoms with Crippen molar-refractivity contribution in [1.29, 1.82) is 0 Å². The lowest BCUT2D eigenvalue weighted by atomic mass is 9.88. The molecular formula is C41H71F6N3S3. The molecule has 2 N–H and O–H groups in total. The molecule has 2 aromatic carbocycles. The summed E-state index contributed by atoms with van der Waals surface area (Å²) in [6.07, 6.45) is -0.161. The van der Waals surface area contributed by atoms with Crippen molar-refractivity contribution in [1.82, 2.24) is 4.31 Å². The number of hydrogen-bond acceptors (Lipinski definition) is 3. The first-order valence-corrected chi connectivity index (χ1v) is 25.8. The molecule has 0 fully saturated rings. The van der Waals surface area contributed by atoms with Gasteiger partial charge >= 0.3 is 12.4 Å². The minimum Gasteiger partial charge on any atom is -0.379 e. The fourth-order valence-electron chi connectivity index (χ4n) is 6.84. The van der Waals surface area contributed by atoms with Gasteiger partial charge in [-0.25, -0.2) is 10.0 Å². The summed E-state index contributed by atoms with van der Waals surface area (Å²) in [7, 11) is -3.84. The second kappa shape index (κ2) is 16.2. The molecule has 0 unspecified atom stereocenters. The summed E-state index contributed by atoms with van der Waals surface area (Å²) in [5.74, 6) is 4.90. The number of hydrogen-bond donors (Lipinski definition) is 2. The van der Waals surface area contributed by atoms with Gasteiger partial charge in [-0.1, -0.05) is 53.7 Å². The average molecular weight is 816 g/mol. The second-order valence-corrected chi connectivity index (χ2v) is 30.7. The zero-order valence-electron chi connectivity index (χ0n) is 35.6. The number of nitrogens with one attached hydrogen (secondary N) is 2. The molecule has 3 nitrogen and oxygen atoms in total. The number of alkyl halides is 6. The Morgan fingerprint density at radius 1 is 0.623 bits per heavy atom. The molecule has 0 saturated heterocycles. The van der Waals surface area contributed by atoms with Crippen LogP contribution in [-0.4, -0.2) is 79.5 Å². The van der Waals surface area contributed by atoms with Gasteiger partial charge in [0.1, 0.15) is 0 Å². The molecule has 0 aliphatic rings. The highest BCUT2D eigenvalue weighted by atomic mass is 32.3. The molecular weight excluding hydrogens is 745 g/mol. The van der Waals surface area contributed by atoms with E-state index in [9.17, 15) is 26.3 Å². The zero-order valence-corrected chi connectivity index (χ0v) is 38.1. The molecule has 0 aliphatic heterocycles. The van der Waals surface area contributed by atoms with Crippen LogP contribution in [0.15, 0.2) is 36.4 Å². The van der Waals surface area contributed by atoms with E-state index < -0.39 is 75.3 Å². The number of rotatable bonds is 15. The van der Waals surface area contributed by atoms with Crippen molar-refractivity contribution < 1.29 is 26.3 Å². The first-order chi connectivity index (χ1) is 23.6. The van der Waals surface area contributed by atoms with Gasteiger partial charge in [0.25, 0.3) is 0 Å². The van der Waals surface area contributed by atoms with Gasteiger partial charge in [-0.3, -0.25) is 4.31 Å². The van der Waals surface area contributed by atoms with Crippen molar-refractivity contribution in [3.05, 3.63) is 47.5 Å². The molecule has 0 amide bonds. The van der Waals surface area contributed by atoms with E-state index in [1.54, 1.807) is 0 Å². The predicted octanol–water partition coefficient (Wildman–Crippen LogP) is 13.9. The van der Waals surface area contributed by atoms with E-state index in [2.05, 4.69) is 82.2 Å². The van der Waals surface area contributed by atoms with Crippen molar-refractivity contribution in [2.45, 2.75) is 129 Å². The lowest BCUT2D eigenvalue weighted by molar-refractivity contribution is -0.139. The Morgan fingerprint density at radius 2 is 1.04 bits per heavy atom. The highest BCUT2D eigenvalue weighted by Gasteiger charge is 2.50. The highest BCUT2D eigenvalue weighted by molar-refractivity contribution is 8.34. The fourth-order valence-corrected chi connectivity index (χ4v) is 14.5. The van der Waals surface area contributed by atoms with Gasteiger partial charge in [-0.2, -0.15) is 46.8 Å². The summed E-state index contributed by atoms with van der Waals surface area (Å²) in [6.45, 7) is 29.0. The van der Waals surface area contributed by atoms with Gasteiger partial charge in [0.05, 0.1) is 11.1 Å². The van der Waals surface area contributed by atoms with E-state index in [-0.39, 0.29) is 21.7 Å². The molecule has 0 radical (unpaired) electrons. The van der Waals surface area contributed by atoms with E-state index in [0.29, 0.717) is 0 Å². The lowest BCUT2D eigenvalue weighted by Gasteiger charge is -2.63. The molecule has 2 aromatic rings. The zero-order chi connectivity index (χ0) is 41.4. The number of benzene rings is 2. The van der Waals surface area contributed by atoms with E-state index in [1.807, 2.05) is 47.1 Å². The van der Waals surface area contributed by atoms with Crippen LogP contribution >= 0.6 is 30.5 Å². The maximum absolute atomic E-state index is 14.8. The monoisotopic (exact) mass is 815 g/mol. The number of nitrogens with zero attached hydrogens (tertiary/aromatic N) is 1. The van der Waals surface area contributed by atoms with Crippen LogP contribution in [0.1, 0.15) is 108 Å². The Morgan fingerprint density at radius 3 is 1.42 bits per heavy atom. The molecule has 310 valence electrons. The van der Waals surface area contributed by atoms with Crippen molar-refractivity contribution in [2.75, 3.05) is 64.6 Å². The summed E-state index contributed by atoms with van der Waals surface area (Å²) in [4.78, 5) is 0. The molecule has 12 heteroatoms. The van der Waals surface area contributed by atoms with Crippen LogP contribution in [0.25, 0.3) is 11.1 Å². The van der Waals surface area contributed by atoms with Crippen molar-refractivity contribution in [3.63, 3.8) is 0 Å². The molecule has 53 heavy (non-hydrogen) atoms. The maximum Gasteiger partial charge on any atom is 0.417 e. The minimum atomic E-state index is -4.90. The summed E-state index contributed by atoms with van der Waals surface area (Å²) in [5, 5.41) is 3.43. The fraction of sp³-hybridized carbons (Fsp3) is 0.707. The minimum absolute atomic E-state index is 0.148. The third-order valence-corrected chi connectivity index (χ3v) is 25.6. The molecule has 0 aromatic heterocycles. The first kappa shape index (κ1) is 47.8. The lowest BCUT2D eigenvalue weighted by Crippen LogP contribution is -2.59. The number of halogens is 6. The second-order valence-electron chi connectivity index (χ2n) is 18.0. The Bertz CT molecular complexity index is 1520. The van der Waals surface area contributed by atoms with Crippen LogP contribution in [0.2, 0.25) is 0 Å². The van der Waals surface area contributed by atoms with Crippen molar-refractivity contribution in [2.24, 2.45) is 0 Å². The van der Waals surface area contributed by atoms with Gasteiger partial charge in [0.15, 0.2) is 0 Å². The van der Waals surface area contributed by atoms with Crippen molar-refractivity contribution in [3.8, 4) is 11.1 Å². The standard InChI is InChI=1S/C41H71F6N3S3/c1-18-53(19-2,20-3)27-21-26-50(36(4,5)6)52(16,17)39(12,13)38(10,11)48-30-22-24-32(34(28-30)40(42,43)44)33-25-23-31(29-35(33)41(45,46)47)49-51(14,15)37(7,8)9/h22-25,28-29,48-49H,18-21,26-27H2,1-17H3. The topological polar surface area (TPSA) is 27.3 Å². The first-order valence-electron chi connectivity index (χ1n) is 18.6. The molecule has 2 rings (SSSR count).